The highest BCUT2D eigenvalue weighted by molar-refractivity contribution is 5.90. The highest BCUT2D eigenvalue weighted by Gasteiger charge is 2.10. The van der Waals surface area contributed by atoms with Crippen molar-refractivity contribution in [3.05, 3.63) is 29.3 Å². The Morgan fingerprint density at radius 1 is 1.26 bits per heavy atom. The number of ether oxygens (including phenoxy) is 2. The number of carbonyl (C=O) groups excluding carboxylic acids is 1. The van der Waals surface area contributed by atoms with Crippen LogP contribution in [0.2, 0.25) is 0 Å². The van der Waals surface area contributed by atoms with Crippen molar-refractivity contribution < 1.29 is 14.3 Å². The molecule has 1 aromatic rings. The van der Waals surface area contributed by atoms with Crippen molar-refractivity contribution in [1.29, 1.82) is 10.8 Å². The van der Waals surface area contributed by atoms with Gasteiger partial charge in [0.15, 0.2) is 0 Å². The Bertz CT molecular complexity index is 464. The van der Waals surface area contributed by atoms with Crippen molar-refractivity contribution in [1.82, 2.24) is 0 Å². The molecule has 0 saturated heterocycles. The van der Waals surface area contributed by atoms with E-state index < -0.39 is 5.97 Å². The summed E-state index contributed by atoms with van der Waals surface area (Å²) < 4.78 is 9.84. The van der Waals surface area contributed by atoms with Gasteiger partial charge in [-0.05, 0) is 36.6 Å². The first kappa shape index (κ1) is 14.9. The van der Waals surface area contributed by atoms with Gasteiger partial charge in [0.2, 0.25) is 0 Å². The van der Waals surface area contributed by atoms with Crippen LogP contribution in [0.1, 0.15) is 22.3 Å². The molecule has 0 saturated carbocycles. The summed E-state index contributed by atoms with van der Waals surface area (Å²) in [4.78, 5) is 11.5. The van der Waals surface area contributed by atoms with E-state index in [0.717, 1.165) is 5.56 Å². The van der Waals surface area contributed by atoms with Crippen LogP contribution < -0.4 is 4.74 Å². The van der Waals surface area contributed by atoms with Crippen LogP contribution in [0.25, 0.3) is 0 Å². The summed E-state index contributed by atoms with van der Waals surface area (Å²) >= 11 is 0. The van der Waals surface area contributed by atoms with Gasteiger partial charge in [-0.2, -0.15) is 0 Å². The average molecular weight is 262 g/mol. The van der Waals surface area contributed by atoms with Gasteiger partial charge in [0.05, 0.1) is 19.8 Å². The van der Waals surface area contributed by atoms with Gasteiger partial charge in [-0.15, -0.1) is 0 Å². The SMILES string of the molecule is COC(=O)c1cc(CCC(C=N)C=N)cc(OC)c1. The lowest BCUT2D eigenvalue weighted by Gasteiger charge is -2.09. The molecule has 0 aliphatic heterocycles. The lowest BCUT2D eigenvalue weighted by Crippen LogP contribution is -2.06. The molecule has 0 radical (unpaired) electrons. The zero-order chi connectivity index (χ0) is 14.3. The monoisotopic (exact) mass is 262 g/mol. The van der Waals surface area contributed by atoms with E-state index in [2.05, 4.69) is 0 Å². The first-order valence-electron chi connectivity index (χ1n) is 5.92. The standard InChI is InChI=1S/C14H18N2O3/c1-18-13-6-10(3-4-11(8-15)9-16)5-12(7-13)14(17)19-2/h5-9,11,15-16H,3-4H2,1-2H3. The second-order valence-electron chi connectivity index (χ2n) is 4.10. The first-order valence-corrected chi connectivity index (χ1v) is 5.92. The third-order valence-corrected chi connectivity index (χ3v) is 2.82. The van der Waals surface area contributed by atoms with Gasteiger partial charge in [-0.3, -0.25) is 0 Å². The van der Waals surface area contributed by atoms with Crippen LogP contribution in [-0.2, 0) is 11.2 Å². The summed E-state index contributed by atoms with van der Waals surface area (Å²) in [5.41, 5.74) is 1.37. The molecule has 19 heavy (non-hydrogen) atoms. The van der Waals surface area contributed by atoms with Gasteiger partial charge in [0.1, 0.15) is 5.75 Å². The summed E-state index contributed by atoms with van der Waals surface area (Å²) in [6, 6.07) is 5.22. The van der Waals surface area contributed by atoms with E-state index in [9.17, 15) is 4.79 Å². The molecule has 102 valence electrons. The predicted molar refractivity (Wildman–Crippen MR) is 73.7 cm³/mol. The van der Waals surface area contributed by atoms with Gasteiger partial charge in [-0.1, -0.05) is 0 Å². The number of methoxy groups -OCH3 is 2. The van der Waals surface area contributed by atoms with Crippen LogP contribution in [0.4, 0.5) is 0 Å². The third kappa shape index (κ3) is 4.21. The summed E-state index contributed by atoms with van der Waals surface area (Å²) in [5.74, 6) is 0.0164. The molecule has 0 aromatic heterocycles. The molecule has 0 atom stereocenters. The van der Waals surface area contributed by atoms with Crippen molar-refractivity contribution in [3.63, 3.8) is 0 Å². The Balaban J connectivity index is 2.90. The first-order chi connectivity index (χ1) is 9.14. The van der Waals surface area contributed by atoms with E-state index in [0.29, 0.717) is 24.2 Å². The molecule has 0 unspecified atom stereocenters. The minimum atomic E-state index is -0.407. The van der Waals surface area contributed by atoms with Gasteiger partial charge < -0.3 is 20.3 Å². The Morgan fingerprint density at radius 3 is 2.47 bits per heavy atom. The Kier molecular flexibility index (Phi) is 5.73. The number of rotatable bonds is 7. The van der Waals surface area contributed by atoms with E-state index in [1.54, 1.807) is 12.1 Å². The lowest BCUT2D eigenvalue weighted by atomic mass is 9.99. The molecular formula is C14H18N2O3. The highest BCUT2D eigenvalue weighted by Crippen LogP contribution is 2.19. The molecule has 0 amide bonds. The topological polar surface area (TPSA) is 83.2 Å². The zero-order valence-corrected chi connectivity index (χ0v) is 11.1. The molecule has 1 rings (SSSR count). The quantitative estimate of drug-likeness (QED) is 0.584. The van der Waals surface area contributed by atoms with Gasteiger partial charge in [0, 0.05) is 18.3 Å². The van der Waals surface area contributed by atoms with Crippen LogP contribution in [0.3, 0.4) is 0 Å². The smallest absolute Gasteiger partial charge is 0.337 e. The number of carbonyl (C=O) groups is 1. The number of hydrogen-bond acceptors (Lipinski definition) is 5. The second kappa shape index (κ2) is 7.31. The number of esters is 1. The molecule has 0 bridgehead atoms. The lowest BCUT2D eigenvalue weighted by molar-refractivity contribution is 0.0600. The fraction of sp³-hybridized carbons (Fsp3) is 0.357. The van der Waals surface area contributed by atoms with E-state index in [1.165, 1.54) is 26.6 Å². The minimum absolute atomic E-state index is 0.173. The van der Waals surface area contributed by atoms with Crippen LogP contribution in [0, 0.1) is 16.7 Å². The van der Waals surface area contributed by atoms with Gasteiger partial charge in [-0.25, -0.2) is 4.79 Å². The molecule has 0 aliphatic rings. The highest BCUT2D eigenvalue weighted by atomic mass is 16.5. The fourth-order valence-corrected chi connectivity index (χ4v) is 1.71. The number of benzene rings is 1. The molecular weight excluding hydrogens is 244 g/mol. The summed E-state index contributed by atoms with van der Waals surface area (Å²) in [5, 5.41) is 14.3. The largest absolute Gasteiger partial charge is 0.497 e. The Labute approximate surface area is 112 Å². The van der Waals surface area contributed by atoms with Crippen molar-refractivity contribution in [2.45, 2.75) is 12.8 Å². The average Bonchev–Trinajstić information content (AvgIpc) is 2.47. The van der Waals surface area contributed by atoms with E-state index in [-0.39, 0.29) is 5.92 Å². The molecule has 5 heteroatoms. The molecule has 0 spiro atoms. The van der Waals surface area contributed by atoms with Crippen molar-refractivity contribution in [3.8, 4) is 5.75 Å². The number of nitrogens with one attached hydrogen (secondary N) is 2. The number of aryl methyl sites for hydroxylation is 1. The molecule has 0 fully saturated rings. The summed E-state index contributed by atoms with van der Waals surface area (Å²) in [7, 11) is 2.87. The molecule has 0 heterocycles. The Hall–Kier alpha value is -2.17. The van der Waals surface area contributed by atoms with Crippen LogP contribution >= 0.6 is 0 Å². The normalized spacial score (nSPS) is 11.5. The zero-order valence-electron chi connectivity index (χ0n) is 11.1. The minimum Gasteiger partial charge on any atom is -0.497 e. The maximum Gasteiger partial charge on any atom is 0.337 e. The number of hydrogen-bond donors (Lipinski definition) is 2. The Morgan fingerprint density at radius 2 is 1.95 bits per heavy atom. The van der Waals surface area contributed by atoms with E-state index >= 15 is 0 Å². The van der Waals surface area contributed by atoms with Crippen molar-refractivity contribution in [2.75, 3.05) is 14.2 Å². The summed E-state index contributed by atoms with van der Waals surface area (Å²) in [6.45, 7) is 0. The van der Waals surface area contributed by atoms with Crippen LogP contribution in [0.5, 0.6) is 5.75 Å². The predicted octanol–water partition coefficient (Wildman–Crippen LogP) is 2.33. The van der Waals surface area contributed by atoms with Crippen LogP contribution in [0.15, 0.2) is 18.2 Å². The molecule has 0 aliphatic carbocycles. The van der Waals surface area contributed by atoms with E-state index in [4.69, 9.17) is 20.3 Å². The van der Waals surface area contributed by atoms with Crippen molar-refractivity contribution >= 4 is 18.4 Å². The van der Waals surface area contributed by atoms with Gasteiger partial charge in [0.25, 0.3) is 0 Å². The maximum atomic E-state index is 11.5. The van der Waals surface area contributed by atoms with Gasteiger partial charge >= 0.3 is 5.97 Å². The maximum absolute atomic E-state index is 11.5. The van der Waals surface area contributed by atoms with Crippen molar-refractivity contribution in [2.24, 2.45) is 5.92 Å². The second-order valence-corrected chi connectivity index (χ2v) is 4.10. The third-order valence-electron chi connectivity index (χ3n) is 2.82. The van der Waals surface area contributed by atoms with E-state index in [1.807, 2.05) is 6.07 Å². The van der Waals surface area contributed by atoms with Crippen LogP contribution in [-0.4, -0.2) is 32.6 Å². The summed E-state index contributed by atoms with van der Waals surface area (Å²) in [6.07, 6.45) is 3.81. The molecule has 5 nitrogen and oxygen atoms in total. The molecule has 2 N–H and O–H groups in total. The fourth-order valence-electron chi connectivity index (χ4n) is 1.71. The molecule has 1 aromatic carbocycles.